The maximum Gasteiger partial charge on any atom is 0.248 e. The molecule has 0 aliphatic heterocycles. The van der Waals surface area contributed by atoms with Crippen molar-refractivity contribution in [1.29, 1.82) is 0 Å². The van der Waals surface area contributed by atoms with Crippen LogP contribution in [0.4, 0.5) is 5.69 Å². The molecule has 1 amide bonds. The zero-order chi connectivity index (χ0) is 20.4. The van der Waals surface area contributed by atoms with Gasteiger partial charge in [-0.3, -0.25) is 4.79 Å². The lowest BCUT2D eigenvalue weighted by molar-refractivity contribution is -0.111. The Bertz CT molecular complexity index is 1100. The van der Waals surface area contributed by atoms with Crippen molar-refractivity contribution < 1.29 is 13.9 Å². The van der Waals surface area contributed by atoms with Crippen molar-refractivity contribution >= 4 is 44.1 Å². The van der Waals surface area contributed by atoms with Crippen LogP contribution in [-0.4, -0.2) is 12.5 Å². The summed E-state index contributed by atoms with van der Waals surface area (Å²) in [6.45, 7) is 4.45. The van der Waals surface area contributed by atoms with E-state index in [-0.39, 0.29) is 5.91 Å². The minimum atomic E-state index is -0.169. The second-order valence-corrected chi connectivity index (χ2v) is 8.23. The summed E-state index contributed by atoms with van der Waals surface area (Å²) in [6, 6.07) is 11.6. The van der Waals surface area contributed by atoms with Gasteiger partial charge in [-0.05, 0) is 62.9 Å². The fourth-order valence-electron chi connectivity index (χ4n) is 3.89. The molecule has 1 heterocycles. The number of amides is 1. The third kappa shape index (κ3) is 4.25. The summed E-state index contributed by atoms with van der Waals surface area (Å²) in [4.78, 5) is 12.6. The van der Waals surface area contributed by atoms with Crippen molar-refractivity contribution in [2.75, 3.05) is 11.9 Å². The monoisotopic (exact) mass is 453 g/mol. The molecule has 0 saturated heterocycles. The normalized spacial score (nSPS) is 14.0. The number of hydrogen-bond donors (Lipinski definition) is 1. The summed E-state index contributed by atoms with van der Waals surface area (Å²) in [5, 5.41) is 4.05. The van der Waals surface area contributed by atoms with Gasteiger partial charge < -0.3 is 14.5 Å². The van der Waals surface area contributed by atoms with Crippen LogP contribution in [0.1, 0.15) is 43.6 Å². The molecule has 0 bridgehead atoms. The van der Waals surface area contributed by atoms with E-state index >= 15 is 0 Å². The Balaban J connectivity index is 1.69. The number of anilines is 1. The molecule has 0 atom stereocenters. The van der Waals surface area contributed by atoms with E-state index in [0.29, 0.717) is 6.61 Å². The highest BCUT2D eigenvalue weighted by Crippen LogP contribution is 2.38. The summed E-state index contributed by atoms with van der Waals surface area (Å²) >= 11 is 3.42. The first kappa shape index (κ1) is 19.8. The average Bonchev–Trinajstić information content (AvgIpc) is 3.05. The number of hydrogen-bond acceptors (Lipinski definition) is 3. The standard InChI is InChI=1S/C24H24BrNO3/c1-3-28-22-14-23-20(18-9-4-5-10-21(18)29-23)13-19(22)15(2)11-24(27)26-17-8-6-7-16(25)12-17/h6-8,11-14H,3-5,9-10H2,1-2H3,(H,26,27)/b15-11+. The molecule has 4 nitrogen and oxygen atoms in total. The molecule has 2 aromatic carbocycles. The summed E-state index contributed by atoms with van der Waals surface area (Å²) in [6.07, 6.45) is 6.02. The van der Waals surface area contributed by atoms with Crippen LogP contribution in [0.5, 0.6) is 5.75 Å². The van der Waals surface area contributed by atoms with Gasteiger partial charge in [-0.25, -0.2) is 0 Å². The molecule has 5 heteroatoms. The largest absolute Gasteiger partial charge is 0.493 e. The van der Waals surface area contributed by atoms with Gasteiger partial charge >= 0.3 is 0 Å². The summed E-state index contributed by atoms with van der Waals surface area (Å²) in [5.74, 6) is 1.67. The topological polar surface area (TPSA) is 51.5 Å². The fourth-order valence-corrected chi connectivity index (χ4v) is 4.29. The first-order valence-electron chi connectivity index (χ1n) is 10.0. The zero-order valence-electron chi connectivity index (χ0n) is 16.7. The summed E-state index contributed by atoms with van der Waals surface area (Å²) in [5.41, 5.74) is 4.71. The maximum atomic E-state index is 12.6. The van der Waals surface area contributed by atoms with Gasteiger partial charge in [0.15, 0.2) is 0 Å². The molecule has 0 radical (unpaired) electrons. The summed E-state index contributed by atoms with van der Waals surface area (Å²) < 4.78 is 12.9. The second-order valence-electron chi connectivity index (χ2n) is 7.32. The van der Waals surface area contributed by atoms with Gasteiger partial charge in [-0.2, -0.15) is 0 Å². The van der Waals surface area contributed by atoms with Crippen LogP contribution < -0.4 is 10.1 Å². The lowest BCUT2D eigenvalue weighted by atomic mass is 9.94. The third-order valence-corrected chi connectivity index (χ3v) is 5.71. The molecule has 1 aromatic heterocycles. The molecule has 150 valence electrons. The van der Waals surface area contributed by atoms with Crippen molar-refractivity contribution in [3.8, 4) is 5.75 Å². The number of aryl methyl sites for hydroxylation is 2. The average molecular weight is 454 g/mol. The van der Waals surface area contributed by atoms with Crippen molar-refractivity contribution in [2.24, 2.45) is 0 Å². The molecule has 0 fully saturated rings. The van der Waals surface area contributed by atoms with E-state index in [1.807, 2.05) is 44.2 Å². The van der Waals surface area contributed by atoms with Crippen LogP contribution in [0.15, 0.2) is 51.4 Å². The SMILES string of the molecule is CCOc1cc2oc3c(c2cc1/C(C)=C/C(=O)Nc1cccc(Br)c1)CCCC3. The third-order valence-electron chi connectivity index (χ3n) is 5.22. The molecule has 1 N–H and O–H groups in total. The molecule has 3 aromatic rings. The van der Waals surface area contributed by atoms with Crippen LogP contribution in [0.2, 0.25) is 0 Å². The van der Waals surface area contributed by atoms with Crippen LogP contribution in [0.3, 0.4) is 0 Å². The van der Waals surface area contributed by atoms with Crippen molar-refractivity contribution in [3.05, 3.63) is 63.8 Å². The molecule has 1 aliphatic rings. The highest BCUT2D eigenvalue weighted by atomic mass is 79.9. The Kier molecular flexibility index (Phi) is 5.76. The predicted molar refractivity (Wildman–Crippen MR) is 120 cm³/mol. The van der Waals surface area contributed by atoms with E-state index in [9.17, 15) is 4.79 Å². The minimum Gasteiger partial charge on any atom is -0.493 e. The Morgan fingerprint density at radius 2 is 2.07 bits per heavy atom. The number of halogens is 1. The Labute approximate surface area is 179 Å². The Morgan fingerprint density at radius 1 is 1.24 bits per heavy atom. The van der Waals surface area contributed by atoms with Gasteiger partial charge in [0.05, 0.1) is 6.61 Å². The molecule has 0 saturated carbocycles. The van der Waals surface area contributed by atoms with E-state index in [1.54, 1.807) is 6.08 Å². The number of fused-ring (bicyclic) bond motifs is 3. The van der Waals surface area contributed by atoms with Gasteiger partial charge in [-0.15, -0.1) is 0 Å². The van der Waals surface area contributed by atoms with Gasteiger partial charge in [0.25, 0.3) is 0 Å². The van der Waals surface area contributed by atoms with Crippen molar-refractivity contribution in [1.82, 2.24) is 0 Å². The maximum absolute atomic E-state index is 12.6. The minimum absolute atomic E-state index is 0.169. The highest BCUT2D eigenvalue weighted by molar-refractivity contribution is 9.10. The number of allylic oxidation sites excluding steroid dienone is 1. The fraction of sp³-hybridized carbons (Fsp3) is 0.292. The number of carbonyl (C=O) groups is 1. The van der Waals surface area contributed by atoms with E-state index in [1.165, 1.54) is 18.4 Å². The molecule has 0 unspecified atom stereocenters. The van der Waals surface area contributed by atoms with Gasteiger partial charge in [0, 0.05) is 45.2 Å². The highest BCUT2D eigenvalue weighted by Gasteiger charge is 2.20. The van der Waals surface area contributed by atoms with Gasteiger partial charge in [0.2, 0.25) is 5.91 Å². The van der Waals surface area contributed by atoms with Gasteiger partial charge in [0.1, 0.15) is 17.1 Å². The first-order valence-corrected chi connectivity index (χ1v) is 10.8. The summed E-state index contributed by atoms with van der Waals surface area (Å²) in [7, 11) is 0. The first-order chi connectivity index (χ1) is 14.0. The lowest BCUT2D eigenvalue weighted by Crippen LogP contribution is -2.08. The van der Waals surface area contributed by atoms with Crippen molar-refractivity contribution in [2.45, 2.75) is 39.5 Å². The van der Waals surface area contributed by atoms with Crippen molar-refractivity contribution in [3.63, 3.8) is 0 Å². The van der Waals surface area contributed by atoms with E-state index < -0.39 is 0 Å². The zero-order valence-corrected chi connectivity index (χ0v) is 18.3. The molecule has 4 rings (SSSR count). The molecule has 1 aliphatic carbocycles. The van der Waals surface area contributed by atoms with E-state index in [4.69, 9.17) is 9.15 Å². The number of nitrogens with one attached hydrogen (secondary N) is 1. The van der Waals surface area contributed by atoms with Crippen LogP contribution >= 0.6 is 15.9 Å². The molecular weight excluding hydrogens is 430 g/mol. The molecule has 0 spiro atoms. The lowest BCUT2D eigenvalue weighted by Gasteiger charge is -2.12. The van der Waals surface area contributed by atoms with Gasteiger partial charge in [-0.1, -0.05) is 22.0 Å². The van der Waals surface area contributed by atoms with Crippen LogP contribution in [0, 0.1) is 0 Å². The predicted octanol–water partition coefficient (Wildman–Crippen LogP) is 6.51. The number of rotatable bonds is 5. The number of carbonyl (C=O) groups excluding carboxylic acids is 1. The smallest absolute Gasteiger partial charge is 0.248 e. The quantitative estimate of drug-likeness (QED) is 0.447. The van der Waals surface area contributed by atoms with E-state index in [2.05, 4.69) is 27.3 Å². The Morgan fingerprint density at radius 3 is 2.86 bits per heavy atom. The molecule has 29 heavy (non-hydrogen) atoms. The Hall–Kier alpha value is -2.53. The number of benzene rings is 2. The van der Waals surface area contributed by atoms with Crippen LogP contribution in [0.25, 0.3) is 16.5 Å². The number of furan rings is 1. The molecular formula is C24H24BrNO3. The number of ether oxygens (including phenoxy) is 1. The second kappa shape index (κ2) is 8.46. The van der Waals surface area contributed by atoms with Crippen LogP contribution in [-0.2, 0) is 17.6 Å². The van der Waals surface area contributed by atoms with E-state index in [0.717, 1.165) is 56.6 Å².